The van der Waals surface area contributed by atoms with Crippen LogP contribution >= 0.6 is 11.8 Å². The maximum absolute atomic E-state index is 11.3. The van der Waals surface area contributed by atoms with Gasteiger partial charge in [0.15, 0.2) is 0 Å². The van der Waals surface area contributed by atoms with E-state index in [4.69, 9.17) is 0 Å². The van der Waals surface area contributed by atoms with Crippen LogP contribution in [0.25, 0.3) is 0 Å². The average Bonchev–Trinajstić information content (AvgIpc) is 2.59. The van der Waals surface area contributed by atoms with Crippen LogP contribution in [0.5, 0.6) is 0 Å². The van der Waals surface area contributed by atoms with Crippen molar-refractivity contribution in [1.29, 1.82) is 0 Å². The first-order chi connectivity index (χ1) is 6.29. The van der Waals surface area contributed by atoms with Gasteiger partial charge in [0, 0.05) is 12.3 Å². The maximum Gasteiger partial charge on any atom is 0.345 e. The molecule has 3 nitrogen and oxygen atoms in total. The van der Waals surface area contributed by atoms with Crippen molar-refractivity contribution in [3.63, 3.8) is 0 Å². The van der Waals surface area contributed by atoms with Gasteiger partial charge in [0.25, 0.3) is 0 Å². The molecular weight excluding hydrogens is 186 g/mol. The summed E-state index contributed by atoms with van der Waals surface area (Å²) in [6, 6.07) is 0. The van der Waals surface area contributed by atoms with E-state index in [0.717, 1.165) is 23.6 Å². The summed E-state index contributed by atoms with van der Waals surface area (Å²) in [5, 5.41) is 0.773. The Balaban J connectivity index is 2.73. The second-order valence-corrected chi connectivity index (χ2v) is 3.39. The van der Waals surface area contributed by atoms with Gasteiger partial charge in [-0.2, -0.15) is 0 Å². The zero-order valence-corrected chi connectivity index (χ0v) is 8.26. The second-order valence-electron chi connectivity index (χ2n) is 2.31. The molecule has 0 radical (unpaired) electrons. The van der Waals surface area contributed by atoms with E-state index < -0.39 is 0 Å². The van der Waals surface area contributed by atoms with E-state index in [2.05, 4.69) is 16.3 Å². The molecule has 0 saturated heterocycles. The molecule has 1 heterocycles. The van der Waals surface area contributed by atoms with Crippen molar-refractivity contribution in [2.75, 3.05) is 12.3 Å². The number of allylic oxidation sites excluding steroid dienone is 1. The lowest BCUT2D eigenvalue weighted by Crippen LogP contribution is -2.10. The molecule has 0 aliphatic carbocycles. The number of carbonyl (C=O) groups excluding carboxylic acids is 1. The number of carbonyl (C=O) groups is 1. The van der Waals surface area contributed by atoms with Crippen LogP contribution < -0.4 is 0 Å². The number of ether oxygens (including phenoxy) is 1. The Labute approximate surface area is 81.6 Å². The van der Waals surface area contributed by atoms with E-state index in [-0.39, 0.29) is 5.97 Å². The third-order valence-electron chi connectivity index (χ3n) is 1.51. The fourth-order valence-electron chi connectivity index (χ4n) is 0.966. The molecular formula is C9H11NO2S. The lowest BCUT2D eigenvalue weighted by molar-refractivity contribution is -0.132. The molecule has 4 heteroatoms. The molecule has 0 aromatic rings. The van der Waals surface area contributed by atoms with Gasteiger partial charge < -0.3 is 4.74 Å². The zero-order valence-electron chi connectivity index (χ0n) is 7.45. The number of esters is 1. The number of hydrogen-bond donors (Lipinski definition) is 0. The van der Waals surface area contributed by atoms with Gasteiger partial charge in [-0.1, -0.05) is 12.7 Å². The van der Waals surface area contributed by atoms with Crippen LogP contribution in [0.3, 0.4) is 0 Å². The molecule has 0 spiro atoms. The Morgan fingerprint density at radius 3 is 3.00 bits per heavy atom. The summed E-state index contributed by atoms with van der Waals surface area (Å²) in [5.41, 5.74) is 0.530. The van der Waals surface area contributed by atoms with Crippen molar-refractivity contribution in [3.05, 3.63) is 24.5 Å². The number of hydrogen-bond acceptors (Lipinski definition) is 4. The van der Waals surface area contributed by atoms with Gasteiger partial charge >= 0.3 is 5.97 Å². The summed E-state index contributed by atoms with van der Waals surface area (Å²) < 4.78 is 4.67. The molecule has 70 valence electrons. The lowest BCUT2D eigenvalue weighted by Gasteiger charge is -2.02. The van der Waals surface area contributed by atoms with Gasteiger partial charge in [0.05, 0.1) is 11.8 Å². The summed E-state index contributed by atoms with van der Waals surface area (Å²) in [5.74, 6) is 0.555. The largest absolute Gasteiger partial charge is 0.431 e. The molecule has 0 fully saturated rings. The number of rotatable bonds is 3. The molecule has 0 unspecified atom stereocenters. The van der Waals surface area contributed by atoms with E-state index in [9.17, 15) is 4.79 Å². The Kier molecular flexibility index (Phi) is 3.76. The first-order valence-electron chi connectivity index (χ1n) is 3.95. The summed E-state index contributed by atoms with van der Waals surface area (Å²) in [4.78, 5) is 15.5. The zero-order chi connectivity index (χ0) is 9.68. The summed E-state index contributed by atoms with van der Waals surface area (Å²) in [6.45, 7) is 5.90. The van der Waals surface area contributed by atoms with Crippen LogP contribution in [0, 0.1) is 0 Å². The molecule has 1 aliphatic rings. The van der Waals surface area contributed by atoms with Gasteiger partial charge in [0.1, 0.15) is 5.04 Å². The summed E-state index contributed by atoms with van der Waals surface area (Å²) in [7, 11) is 0. The summed E-state index contributed by atoms with van der Waals surface area (Å²) >= 11 is 1.58. The van der Waals surface area contributed by atoms with E-state index in [1.54, 1.807) is 24.8 Å². The Morgan fingerprint density at radius 2 is 2.54 bits per heavy atom. The van der Waals surface area contributed by atoms with E-state index >= 15 is 0 Å². The van der Waals surface area contributed by atoms with Crippen LogP contribution in [0.4, 0.5) is 0 Å². The highest BCUT2D eigenvalue weighted by Crippen LogP contribution is 2.19. The first-order valence-corrected chi connectivity index (χ1v) is 4.94. The van der Waals surface area contributed by atoms with Crippen molar-refractivity contribution < 1.29 is 9.53 Å². The molecule has 1 aliphatic heterocycles. The SMILES string of the molecule is C=COC(=O)C(=CC)C1=NCCS1. The van der Waals surface area contributed by atoms with Crippen molar-refractivity contribution in [2.45, 2.75) is 6.92 Å². The van der Waals surface area contributed by atoms with Crippen LogP contribution in [-0.2, 0) is 9.53 Å². The molecule has 0 bridgehead atoms. The van der Waals surface area contributed by atoms with Gasteiger partial charge in [-0.15, -0.1) is 11.8 Å². The molecule has 0 aromatic heterocycles. The Bertz CT molecular complexity index is 281. The van der Waals surface area contributed by atoms with Gasteiger partial charge in [-0.3, -0.25) is 4.99 Å². The molecule has 0 saturated carbocycles. The highest BCUT2D eigenvalue weighted by molar-refractivity contribution is 8.14. The molecule has 13 heavy (non-hydrogen) atoms. The molecule has 0 amide bonds. The van der Waals surface area contributed by atoms with Crippen molar-refractivity contribution in [1.82, 2.24) is 0 Å². The minimum atomic E-state index is -0.384. The van der Waals surface area contributed by atoms with Crippen LogP contribution in [0.15, 0.2) is 29.5 Å². The van der Waals surface area contributed by atoms with Gasteiger partial charge in [0.2, 0.25) is 0 Å². The standard InChI is InChI=1S/C9H11NO2S/c1-3-7(9(11)12-4-2)8-10-5-6-13-8/h3-4H,2,5-6H2,1H3. The third kappa shape index (κ3) is 2.45. The predicted octanol–water partition coefficient (Wildman–Crippen LogP) is 1.76. The summed E-state index contributed by atoms with van der Waals surface area (Å²) in [6.07, 6.45) is 2.84. The van der Waals surface area contributed by atoms with E-state index in [0.29, 0.717) is 5.57 Å². The molecule has 0 N–H and O–H groups in total. The predicted molar refractivity (Wildman–Crippen MR) is 54.8 cm³/mol. The smallest absolute Gasteiger partial charge is 0.345 e. The van der Waals surface area contributed by atoms with Crippen LogP contribution in [0.2, 0.25) is 0 Å². The third-order valence-corrected chi connectivity index (χ3v) is 2.52. The van der Waals surface area contributed by atoms with Crippen molar-refractivity contribution >= 4 is 22.8 Å². The number of nitrogens with zero attached hydrogens (tertiary/aromatic N) is 1. The average molecular weight is 197 g/mol. The topological polar surface area (TPSA) is 38.7 Å². The quantitative estimate of drug-likeness (QED) is 0.393. The van der Waals surface area contributed by atoms with E-state index in [1.807, 2.05) is 0 Å². The normalized spacial score (nSPS) is 16.7. The Morgan fingerprint density at radius 1 is 1.77 bits per heavy atom. The van der Waals surface area contributed by atoms with Crippen molar-refractivity contribution in [3.8, 4) is 0 Å². The van der Waals surface area contributed by atoms with E-state index in [1.165, 1.54) is 0 Å². The fraction of sp³-hybridized carbons (Fsp3) is 0.333. The minimum absolute atomic E-state index is 0.384. The molecule has 1 rings (SSSR count). The monoisotopic (exact) mass is 197 g/mol. The Hall–Kier alpha value is -1.03. The second kappa shape index (κ2) is 4.87. The maximum atomic E-state index is 11.3. The van der Waals surface area contributed by atoms with Crippen LogP contribution in [-0.4, -0.2) is 23.3 Å². The number of aliphatic imine (C=N–C) groups is 1. The first kappa shape index (κ1) is 10.1. The van der Waals surface area contributed by atoms with Crippen molar-refractivity contribution in [2.24, 2.45) is 4.99 Å². The van der Waals surface area contributed by atoms with Gasteiger partial charge in [-0.25, -0.2) is 4.79 Å². The number of thioether (sulfide) groups is 1. The lowest BCUT2D eigenvalue weighted by atomic mass is 10.3. The van der Waals surface area contributed by atoms with Gasteiger partial charge in [-0.05, 0) is 6.92 Å². The highest BCUT2D eigenvalue weighted by atomic mass is 32.2. The molecule has 0 atom stereocenters. The van der Waals surface area contributed by atoms with Crippen LogP contribution in [0.1, 0.15) is 6.92 Å². The highest BCUT2D eigenvalue weighted by Gasteiger charge is 2.19. The molecule has 0 aromatic carbocycles. The minimum Gasteiger partial charge on any atom is -0.431 e. The fourth-order valence-corrected chi connectivity index (χ4v) is 1.88.